The maximum Gasteiger partial charge on any atom is 0.312 e. The van der Waals surface area contributed by atoms with E-state index < -0.39 is 11.9 Å². The second kappa shape index (κ2) is 9.30. The van der Waals surface area contributed by atoms with Crippen molar-refractivity contribution in [2.45, 2.75) is 12.3 Å². The van der Waals surface area contributed by atoms with Gasteiger partial charge in [0.15, 0.2) is 17.3 Å². The van der Waals surface area contributed by atoms with Crippen LogP contribution in [0.3, 0.4) is 0 Å². The number of ether oxygens (including phenoxy) is 6. The van der Waals surface area contributed by atoms with Gasteiger partial charge in [-0.05, 0) is 42.0 Å². The Balaban J connectivity index is 1.62. The molecule has 0 bridgehead atoms. The number of hydrogen-bond donors (Lipinski definition) is 0. The molecule has 2 heterocycles. The summed E-state index contributed by atoms with van der Waals surface area (Å²) in [6, 6.07) is 14.1. The highest BCUT2D eigenvalue weighted by atomic mass is 16.5. The molecule has 184 valence electrons. The van der Waals surface area contributed by atoms with Gasteiger partial charge in [0.05, 0.1) is 40.4 Å². The lowest BCUT2D eigenvalue weighted by Crippen LogP contribution is -2.22. The Hall–Kier alpha value is -4.46. The van der Waals surface area contributed by atoms with E-state index in [0.717, 1.165) is 5.56 Å². The number of carbonyl (C=O) groups is 2. The SMILES string of the molecule is COc1ccc(/C=C2\Oc3c(ccc4c3[C@H](c3ccc(OC)c(OC)c3OC)CC(=O)O4)C2=O)cc1. The number of allylic oxidation sites excluding steroid dienone is 1. The first-order valence-electron chi connectivity index (χ1n) is 11.2. The molecular formula is C28H24O8. The second-order valence-corrected chi connectivity index (χ2v) is 8.22. The number of rotatable bonds is 6. The molecule has 0 aromatic heterocycles. The zero-order valence-electron chi connectivity index (χ0n) is 20.2. The summed E-state index contributed by atoms with van der Waals surface area (Å²) in [6.45, 7) is 0. The molecule has 0 fully saturated rings. The van der Waals surface area contributed by atoms with E-state index in [9.17, 15) is 9.59 Å². The van der Waals surface area contributed by atoms with Crippen LogP contribution in [0.5, 0.6) is 34.5 Å². The zero-order valence-corrected chi connectivity index (χ0v) is 20.2. The summed E-state index contributed by atoms with van der Waals surface area (Å²) in [5.41, 5.74) is 2.47. The third-order valence-electron chi connectivity index (χ3n) is 6.30. The van der Waals surface area contributed by atoms with Crippen LogP contribution in [0.25, 0.3) is 6.08 Å². The Morgan fingerprint density at radius 2 is 1.56 bits per heavy atom. The van der Waals surface area contributed by atoms with Crippen LogP contribution < -0.4 is 28.4 Å². The van der Waals surface area contributed by atoms with Gasteiger partial charge >= 0.3 is 5.97 Å². The zero-order chi connectivity index (χ0) is 25.4. The summed E-state index contributed by atoms with van der Waals surface area (Å²) in [4.78, 5) is 25.8. The number of fused-ring (bicyclic) bond motifs is 3. The van der Waals surface area contributed by atoms with Crippen molar-refractivity contribution in [3.8, 4) is 34.5 Å². The molecule has 0 spiro atoms. The highest BCUT2D eigenvalue weighted by Gasteiger charge is 2.40. The van der Waals surface area contributed by atoms with Gasteiger partial charge in [-0.25, -0.2) is 0 Å². The van der Waals surface area contributed by atoms with Crippen molar-refractivity contribution in [3.63, 3.8) is 0 Å². The second-order valence-electron chi connectivity index (χ2n) is 8.22. The van der Waals surface area contributed by atoms with Crippen LogP contribution in [0, 0.1) is 0 Å². The van der Waals surface area contributed by atoms with Crippen molar-refractivity contribution in [1.82, 2.24) is 0 Å². The summed E-state index contributed by atoms with van der Waals surface area (Å²) < 4.78 is 33.5. The number of hydrogen-bond acceptors (Lipinski definition) is 8. The third-order valence-corrected chi connectivity index (χ3v) is 6.30. The number of benzene rings is 3. The van der Waals surface area contributed by atoms with Gasteiger partial charge in [-0.3, -0.25) is 9.59 Å². The minimum atomic E-state index is -0.501. The number of Topliss-reactive ketones (excluding diaryl/α,β-unsaturated/α-hetero) is 1. The summed E-state index contributed by atoms with van der Waals surface area (Å²) in [6.07, 6.45) is 1.71. The van der Waals surface area contributed by atoms with Crippen molar-refractivity contribution in [3.05, 3.63) is 76.5 Å². The van der Waals surface area contributed by atoms with E-state index in [1.54, 1.807) is 43.5 Å². The van der Waals surface area contributed by atoms with Crippen molar-refractivity contribution in [2.24, 2.45) is 0 Å². The van der Waals surface area contributed by atoms with E-state index in [4.69, 9.17) is 28.4 Å². The molecule has 0 saturated heterocycles. The topological polar surface area (TPSA) is 89.5 Å². The van der Waals surface area contributed by atoms with E-state index in [0.29, 0.717) is 51.2 Å². The van der Waals surface area contributed by atoms with Crippen LogP contribution in [0.4, 0.5) is 0 Å². The summed E-state index contributed by atoms with van der Waals surface area (Å²) in [5, 5.41) is 0. The first-order valence-corrected chi connectivity index (χ1v) is 11.2. The monoisotopic (exact) mass is 488 g/mol. The molecule has 5 rings (SSSR count). The standard InChI is InChI=1S/C28H24O8/c1-31-16-7-5-15(6-8-16)13-22-25(30)18-10-11-20-24(26(18)36-22)19(14-23(29)35-20)17-9-12-21(32-2)28(34-4)27(17)33-3/h5-13,19H,14H2,1-4H3/b22-13-/t19-/m0/s1. The number of carbonyl (C=O) groups excluding carboxylic acids is 2. The minimum Gasteiger partial charge on any atom is -0.497 e. The smallest absolute Gasteiger partial charge is 0.312 e. The van der Waals surface area contributed by atoms with Crippen LogP contribution in [0.2, 0.25) is 0 Å². The van der Waals surface area contributed by atoms with Crippen LogP contribution in [0.1, 0.15) is 39.4 Å². The molecule has 36 heavy (non-hydrogen) atoms. The van der Waals surface area contributed by atoms with Crippen LogP contribution in [-0.4, -0.2) is 40.2 Å². The predicted octanol–water partition coefficient (Wildman–Crippen LogP) is 4.78. The van der Waals surface area contributed by atoms with Gasteiger partial charge in [0, 0.05) is 17.0 Å². The third kappa shape index (κ3) is 3.80. The van der Waals surface area contributed by atoms with Crippen LogP contribution >= 0.6 is 0 Å². The number of ketones is 1. The lowest BCUT2D eigenvalue weighted by molar-refractivity contribution is -0.135. The van der Waals surface area contributed by atoms with Crippen LogP contribution in [0.15, 0.2) is 54.3 Å². The highest BCUT2D eigenvalue weighted by molar-refractivity contribution is 6.15. The molecule has 1 atom stereocenters. The Morgan fingerprint density at radius 1 is 0.806 bits per heavy atom. The first kappa shape index (κ1) is 23.3. The van der Waals surface area contributed by atoms with Crippen molar-refractivity contribution in [2.75, 3.05) is 28.4 Å². The summed E-state index contributed by atoms with van der Waals surface area (Å²) >= 11 is 0. The summed E-state index contributed by atoms with van der Waals surface area (Å²) in [5.74, 6) is 1.77. The molecule has 0 amide bonds. The summed E-state index contributed by atoms with van der Waals surface area (Å²) in [7, 11) is 6.16. The quantitative estimate of drug-likeness (QED) is 0.278. The molecular weight excluding hydrogens is 464 g/mol. The van der Waals surface area contributed by atoms with Gasteiger partial charge in [-0.2, -0.15) is 0 Å². The van der Waals surface area contributed by atoms with Gasteiger partial charge < -0.3 is 28.4 Å². The molecule has 2 aliphatic heterocycles. The van der Waals surface area contributed by atoms with Crippen molar-refractivity contribution < 1.29 is 38.0 Å². The molecule has 0 unspecified atom stereocenters. The highest BCUT2D eigenvalue weighted by Crippen LogP contribution is 2.53. The number of methoxy groups -OCH3 is 4. The normalized spacial score (nSPS) is 17.1. The molecule has 0 aliphatic carbocycles. The largest absolute Gasteiger partial charge is 0.497 e. The van der Waals surface area contributed by atoms with Crippen molar-refractivity contribution >= 4 is 17.8 Å². The lowest BCUT2D eigenvalue weighted by Gasteiger charge is -2.28. The van der Waals surface area contributed by atoms with Gasteiger partial charge in [-0.15, -0.1) is 0 Å². The molecule has 3 aromatic rings. The predicted molar refractivity (Wildman–Crippen MR) is 131 cm³/mol. The Kier molecular flexibility index (Phi) is 6.01. The van der Waals surface area contributed by atoms with Gasteiger partial charge in [0.1, 0.15) is 17.2 Å². The lowest BCUT2D eigenvalue weighted by atomic mass is 9.84. The molecule has 8 heteroatoms. The van der Waals surface area contributed by atoms with Crippen LogP contribution in [-0.2, 0) is 4.79 Å². The van der Waals surface area contributed by atoms with Gasteiger partial charge in [0.25, 0.3) is 0 Å². The van der Waals surface area contributed by atoms with Crippen molar-refractivity contribution in [1.29, 1.82) is 0 Å². The maximum atomic E-state index is 13.2. The fourth-order valence-electron chi connectivity index (χ4n) is 4.62. The molecule has 3 aromatic carbocycles. The molecule has 8 nitrogen and oxygen atoms in total. The van der Waals surface area contributed by atoms with E-state index in [2.05, 4.69) is 0 Å². The molecule has 2 aliphatic rings. The van der Waals surface area contributed by atoms with E-state index >= 15 is 0 Å². The molecule has 0 N–H and O–H groups in total. The number of esters is 1. The maximum absolute atomic E-state index is 13.2. The Labute approximate surface area is 207 Å². The first-order chi connectivity index (χ1) is 17.5. The molecule has 0 radical (unpaired) electrons. The average molecular weight is 488 g/mol. The van der Waals surface area contributed by atoms with Gasteiger partial charge in [-0.1, -0.05) is 18.2 Å². The average Bonchev–Trinajstić information content (AvgIpc) is 3.22. The Bertz CT molecular complexity index is 1390. The fourth-order valence-corrected chi connectivity index (χ4v) is 4.62. The van der Waals surface area contributed by atoms with E-state index in [1.165, 1.54) is 21.3 Å². The Morgan fingerprint density at radius 3 is 2.22 bits per heavy atom. The fraction of sp³-hybridized carbons (Fsp3) is 0.214. The van der Waals surface area contributed by atoms with E-state index in [1.807, 2.05) is 18.2 Å². The van der Waals surface area contributed by atoms with E-state index in [-0.39, 0.29) is 18.0 Å². The van der Waals surface area contributed by atoms with Gasteiger partial charge in [0.2, 0.25) is 11.5 Å². The minimum absolute atomic E-state index is 0.0321. The molecule has 0 saturated carbocycles.